The summed E-state index contributed by atoms with van der Waals surface area (Å²) in [5.74, 6) is -2.28. The molecule has 2 aromatic rings. The Hall–Kier alpha value is -3.18. The molecule has 2 aromatic carbocycles. The number of rotatable bonds is 6. The largest absolute Gasteiger partial charge is 0.465 e. The SMILES string of the molecule is COC(=O)c1cccc(NC(=O)CS(=O)(=O)Cc2ccc(C#N)cc2)c1. The van der Waals surface area contributed by atoms with E-state index in [0.29, 0.717) is 16.8 Å². The minimum atomic E-state index is -3.69. The molecule has 26 heavy (non-hydrogen) atoms. The number of ether oxygens (including phenoxy) is 1. The van der Waals surface area contributed by atoms with Gasteiger partial charge in [0.1, 0.15) is 5.75 Å². The summed E-state index contributed by atoms with van der Waals surface area (Å²) >= 11 is 0. The van der Waals surface area contributed by atoms with Crippen LogP contribution in [0, 0.1) is 11.3 Å². The van der Waals surface area contributed by atoms with E-state index >= 15 is 0 Å². The second kappa shape index (κ2) is 8.27. The molecule has 0 saturated carbocycles. The second-order valence-electron chi connectivity index (χ2n) is 5.46. The molecule has 0 saturated heterocycles. The Kier molecular flexibility index (Phi) is 6.09. The number of benzene rings is 2. The number of nitriles is 1. The molecule has 0 radical (unpaired) electrons. The third-order valence-electron chi connectivity index (χ3n) is 3.39. The molecule has 0 bridgehead atoms. The summed E-state index contributed by atoms with van der Waals surface area (Å²) in [7, 11) is -2.45. The summed E-state index contributed by atoms with van der Waals surface area (Å²) < 4.78 is 28.9. The number of amides is 1. The van der Waals surface area contributed by atoms with Crippen LogP contribution in [0.3, 0.4) is 0 Å². The van der Waals surface area contributed by atoms with Gasteiger partial charge in [0.25, 0.3) is 0 Å². The van der Waals surface area contributed by atoms with Gasteiger partial charge in [0.05, 0.1) is 30.1 Å². The van der Waals surface area contributed by atoms with Crippen LogP contribution in [0.2, 0.25) is 0 Å². The van der Waals surface area contributed by atoms with E-state index < -0.39 is 27.5 Å². The number of esters is 1. The number of nitrogens with one attached hydrogen (secondary N) is 1. The highest BCUT2D eigenvalue weighted by Gasteiger charge is 2.18. The molecule has 0 aliphatic carbocycles. The van der Waals surface area contributed by atoms with Gasteiger partial charge in [-0.2, -0.15) is 5.26 Å². The van der Waals surface area contributed by atoms with Crippen molar-refractivity contribution in [3.63, 3.8) is 0 Å². The maximum absolute atomic E-state index is 12.2. The van der Waals surface area contributed by atoms with E-state index in [1.807, 2.05) is 6.07 Å². The summed E-state index contributed by atoms with van der Waals surface area (Å²) in [6.07, 6.45) is 0. The Labute approximate surface area is 151 Å². The number of methoxy groups -OCH3 is 1. The van der Waals surface area contributed by atoms with Crippen molar-refractivity contribution in [2.45, 2.75) is 5.75 Å². The molecule has 0 spiro atoms. The summed E-state index contributed by atoms with van der Waals surface area (Å²) in [6, 6.07) is 14.1. The Bertz CT molecular complexity index is 960. The zero-order valence-corrected chi connectivity index (χ0v) is 14.7. The fraction of sp³-hybridized carbons (Fsp3) is 0.167. The van der Waals surface area contributed by atoms with Crippen LogP contribution >= 0.6 is 0 Å². The number of carbonyl (C=O) groups excluding carboxylic acids is 2. The molecule has 0 aromatic heterocycles. The average molecular weight is 372 g/mol. The third kappa shape index (κ3) is 5.43. The highest BCUT2D eigenvalue weighted by atomic mass is 32.2. The number of anilines is 1. The molecule has 8 heteroatoms. The van der Waals surface area contributed by atoms with Crippen LogP contribution in [0.15, 0.2) is 48.5 Å². The molecular formula is C18H16N2O5S. The number of nitrogens with zero attached hydrogens (tertiary/aromatic N) is 1. The van der Waals surface area contributed by atoms with Crippen LogP contribution in [0.1, 0.15) is 21.5 Å². The van der Waals surface area contributed by atoms with Gasteiger partial charge in [-0.25, -0.2) is 13.2 Å². The smallest absolute Gasteiger partial charge is 0.337 e. The monoisotopic (exact) mass is 372 g/mol. The molecule has 0 aliphatic heterocycles. The first-order chi connectivity index (χ1) is 12.3. The molecule has 0 fully saturated rings. The van der Waals surface area contributed by atoms with Gasteiger partial charge in [-0.05, 0) is 35.9 Å². The van der Waals surface area contributed by atoms with E-state index in [9.17, 15) is 18.0 Å². The number of sulfone groups is 1. The van der Waals surface area contributed by atoms with E-state index in [0.717, 1.165) is 0 Å². The molecule has 0 heterocycles. The fourth-order valence-electron chi connectivity index (χ4n) is 2.22. The van der Waals surface area contributed by atoms with E-state index in [1.165, 1.54) is 49.6 Å². The zero-order chi connectivity index (χ0) is 19.2. The van der Waals surface area contributed by atoms with Gasteiger partial charge in [0.15, 0.2) is 9.84 Å². The number of hydrogen-bond acceptors (Lipinski definition) is 6. The predicted octanol–water partition coefficient (Wildman–Crippen LogP) is 1.90. The van der Waals surface area contributed by atoms with Gasteiger partial charge >= 0.3 is 5.97 Å². The van der Waals surface area contributed by atoms with Crippen molar-refractivity contribution in [1.82, 2.24) is 0 Å². The van der Waals surface area contributed by atoms with Gasteiger partial charge < -0.3 is 10.1 Å². The van der Waals surface area contributed by atoms with Crippen molar-refractivity contribution in [3.8, 4) is 6.07 Å². The zero-order valence-electron chi connectivity index (χ0n) is 13.9. The first-order valence-corrected chi connectivity index (χ1v) is 9.33. The van der Waals surface area contributed by atoms with Crippen molar-refractivity contribution < 1.29 is 22.7 Å². The maximum Gasteiger partial charge on any atom is 0.337 e. The van der Waals surface area contributed by atoms with Crippen molar-refractivity contribution in [3.05, 3.63) is 65.2 Å². The average Bonchev–Trinajstić information content (AvgIpc) is 2.60. The van der Waals surface area contributed by atoms with Gasteiger partial charge in [0, 0.05) is 5.69 Å². The van der Waals surface area contributed by atoms with Crippen molar-refractivity contribution >= 4 is 27.4 Å². The van der Waals surface area contributed by atoms with Crippen LogP contribution in [0.4, 0.5) is 5.69 Å². The van der Waals surface area contributed by atoms with Gasteiger partial charge in [-0.15, -0.1) is 0 Å². The Morgan fingerprint density at radius 3 is 2.46 bits per heavy atom. The minimum absolute atomic E-state index is 0.241. The summed E-state index contributed by atoms with van der Waals surface area (Å²) in [6.45, 7) is 0. The predicted molar refractivity (Wildman–Crippen MR) is 95.1 cm³/mol. The summed E-state index contributed by atoms with van der Waals surface area (Å²) in [5.41, 5.74) is 1.45. The maximum atomic E-state index is 12.2. The molecular weight excluding hydrogens is 356 g/mol. The molecule has 134 valence electrons. The molecule has 1 amide bonds. The molecule has 0 atom stereocenters. The van der Waals surface area contributed by atoms with Crippen molar-refractivity contribution in [1.29, 1.82) is 5.26 Å². The molecule has 0 aliphatic rings. The molecule has 1 N–H and O–H groups in total. The number of carbonyl (C=O) groups is 2. The molecule has 0 unspecified atom stereocenters. The normalized spacial score (nSPS) is 10.6. The highest BCUT2D eigenvalue weighted by molar-refractivity contribution is 7.91. The van der Waals surface area contributed by atoms with Crippen molar-refractivity contribution in [2.24, 2.45) is 0 Å². The lowest BCUT2D eigenvalue weighted by molar-refractivity contribution is -0.113. The van der Waals surface area contributed by atoms with Crippen LogP contribution in [-0.4, -0.2) is 33.2 Å². The van der Waals surface area contributed by atoms with Gasteiger partial charge in [-0.1, -0.05) is 18.2 Å². The third-order valence-corrected chi connectivity index (χ3v) is 4.86. The lowest BCUT2D eigenvalue weighted by Crippen LogP contribution is -2.24. The van der Waals surface area contributed by atoms with Gasteiger partial charge in [0.2, 0.25) is 5.91 Å². The topological polar surface area (TPSA) is 113 Å². The quantitative estimate of drug-likeness (QED) is 0.775. The van der Waals surface area contributed by atoms with E-state index in [1.54, 1.807) is 6.07 Å². The van der Waals surface area contributed by atoms with Crippen LogP contribution in [0.5, 0.6) is 0 Å². The number of hydrogen-bond donors (Lipinski definition) is 1. The summed E-state index contributed by atoms with van der Waals surface area (Å²) in [4.78, 5) is 23.5. The van der Waals surface area contributed by atoms with E-state index in [-0.39, 0.29) is 11.3 Å². The Balaban J connectivity index is 2.01. The Morgan fingerprint density at radius 1 is 1.15 bits per heavy atom. The van der Waals surface area contributed by atoms with Crippen LogP contribution in [-0.2, 0) is 25.1 Å². The molecule has 7 nitrogen and oxygen atoms in total. The van der Waals surface area contributed by atoms with Crippen LogP contribution < -0.4 is 5.32 Å². The summed E-state index contributed by atoms with van der Waals surface area (Å²) in [5, 5.41) is 11.2. The van der Waals surface area contributed by atoms with E-state index in [4.69, 9.17) is 5.26 Å². The fourth-order valence-corrected chi connectivity index (χ4v) is 3.49. The molecule has 2 rings (SSSR count). The Morgan fingerprint density at radius 2 is 1.85 bits per heavy atom. The highest BCUT2D eigenvalue weighted by Crippen LogP contribution is 2.13. The first kappa shape index (κ1) is 19.1. The van der Waals surface area contributed by atoms with Crippen molar-refractivity contribution in [2.75, 3.05) is 18.2 Å². The standard InChI is InChI=1S/C18H16N2O5S/c1-25-18(22)15-3-2-4-16(9-15)20-17(21)12-26(23,24)11-14-7-5-13(10-19)6-8-14/h2-9H,11-12H2,1H3,(H,20,21). The van der Waals surface area contributed by atoms with E-state index in [2.05, 4.69) is 10.1 Å². The second-order valence-corrected chi connectivity index (χ2v) is 7.53. The minimum Gasteiger partial charge on any atom is -0.465 e. The lowest BCUT2D eigenvalue weighted by atomic mass is 10.2. The first-order valence-electron chi connectivity index (χ1n) is 7.50. The van der Waals surface area contributed by atoms with Gasteiger partial charge in [-0.3, -0.25) is 4.79 Å². The lowest BCUT2D eigenvalue weighted by Gasteiger charge is -2.08. The van der Waals surface area contributed by atoms with Crippen LogP contribution in [0.25, 0.3) is 0 Å².